The van der Waals surface area contributed by atoms with Crippen molar-refractivity contribution in [2.24, 2.45) is 0 Å². The number of nitrogens with one attached hydrogen (secondary N) is 1. The number of rotatable bonds is 8. The van der Waals surface area contributed by atoms with Crippen molar-refractivity contribution in [1.82, 2.24) is 5.32 Å². The highest BCUT2D eigenvalue weighted by Gasteiger charge is 2.16. The Bertz CT molecular complexity index is 463. The SMILES string of the molecule is CCNC(=O)c1ccc(N(CCOC)C(C)CC)c(N)c1. The first-order chi connectivity index (χ1) is 10.0. The number of carbonyl (C=O) groups is 1. The van der Waals surface area contributed by atoms with Crippen LogP contribution in [-0.4, -0.2) is 38.8 Å². The van der Waals surface area contributed by atoms with E-state index in [1.807, 2.05) is 19.1 Å². The van der Waals surface area contributed by atoms with Gasteiger partial charge < -0.3 is 20.7 Å². The highest BCUT2D eigenvalue weighted by Crippen LogP contribution is 2.27. The summed E-state index contributed by atoms with van der Waals surface area (Å²) in [6.45, 7) is 8.22. The van der Waals surface area contributed by atoms with Gasteiger partial charge in [0, 0.05) is 31.8 Å². The second kappa shape index (κ2) is 8.52. The normalized spacial score (nSPS) is 12.0. The number of nitrogen functional groups attached to an aromatic ring is 1. The molecular weight excluding hydrogens is 266 g/mol. The largest absolute Gasteiger partial charge is 0.397 e. The summed E-state index contributed by atoms with van der Waals surface area (Å²) in [7, 11) is 1.69. The van der Waals surface area contributed by atoms with E-state index in [1.54, 1.807) is 13.2 Å². The molecule has 3 N–H and O–H groups in total. The highest BCUT2D eigenvalue weighted by atomic mass is 16.5. The summed E-state index contributed by atoms with van der Waals surface area (Å²) in [6.07, 6.45) is 1.02. The maximum absolute atomic E-state index is 11.8. The van der Waals surface area contributed by atoms with E-state index in [0.717, 1.165) is 18.7 Å². The molecule has 0 saturated heterocycles. The third-order valence-corrected chi connectivity index (χ3v) is 3.60. The lowest BCUT2D eigenvalue weighted by atomic mass is 10.1. The Balaban J connectivity index is 3.01. The molecule has 0 saturated carbocycles. The van der Waals surface area contributed by atoms with Crippen LogP contribution in [0.25, 0.3) is 0 Å². The van der Waals surface area contributed by atoms with Gasteiger partial charge in [0.1, 0.15) is 0 Å². The highest BCUT2D eigenvalue weighted by molar-refractivity contribution is 5.96. The molecule has 0 spiro atoms. The Morgan fingerprint density at radius 3 is 2.67 bits per heavy atom. The molecule has 5 nitrogen and oxygen atoms in total. The quantitative estimate of drug-likeness (QED) is 0.722. The summed E-state index contributed by atoms with van der Waals surface area (Å²) in [6, 6.07) is 5.83. The molecule has 118 valence electrons. The smallest absolute Gasteiger partial charge is 0.251 e. The molecule has 0 bridgehead atoms. The van der Waals surface area contributed by atoms with Gasteiger partial charge >= 0.3 is 0 Å². The van der Waals surface area contributed by atoms with Gasteiger partial charge in [0.25, 0.3) is 5.91 Å². The predicted molar refractivity (Wildman–Crippen MR) is 87.8 cm³/mol. The zero-order valence-electron chi connectivity index (χ0n) is 13.5. The molecule has 0 radical (unpaired) electrons. The fraction of sp³-hybridized carbons (Fsp3) is 0.562. The summed E-state index contributed by atoms with van der Waals surface area (Å²) < 4.78 is 5.18. The Hall–Kier alpha value is -1.75. The maximum atomic E-state index is 11.8. The molecule has 1 rings (SSSR count). The number of ether oxygens (including phenoxy) is 1. The monoisotopic (exact) mass is 293 g/mol. The molecule has 1 aromatic rings. The van der Waals surface area contributed by atoms with Crippen molar-refractivity contribution in [3.63, 3.8) is 0 Å². The maximum Gasteiger partial charge on any atom is 0.251 e. The first kappa shape index (κ1) is 17.3. The van der Waals surface area contributed by atoms with Crippen molar-refractivity contribution in [2.45, 2.75) is 33.2 Å². The van der Waals surface area contributed by atoms with E-state index in [1.165, 1.54) is 0 Å². The van der Waals surface area contributed by atoms with Gasteiger partial charge in [-0.1, -0.05) is 6.92 Å². The Kier molecular flexibility index (Phi) is 7.02. The second-order valence-electron chi connectivity index (χ2n) is 5.08. The molecule has 1 amide bonds. The molecule has 1 unspecified atom stereocenters. The third-order valence-electron chi connectivity index (χ3n) is 3.60. The molecule has 0 fully saturated rings. The Morgan fingerprint density at radius 2 is 2.14 bits per heavy atom. The molecule has 0 aliphatic rings. The zero-order valence-corrected chi connectivity index (χ0v) is 13.5. The van der Waals surface area contributed by atoms with Crippen molar-refractivity contribution in [3.8, 4) is 0 Å². The van der Waals surface area contributed by atoms with Gasteiger partial charge in [-0.25, -0.2) is 0 Å². The van der Waals surface area contributed by atoms with Gasteiger partial charge in [-0.3, -0.25) is 4.79 Å². The molecule has 0 aliphatic carbocycles. The van der Waals surface area contributed by atoms with Crippen molar-refractivity contribution < 1.29 is 9.53 Å². The van der Waals surface area contributed by atoms with Crippen LogP contribution in [0.2, 0.25) is 0 Å². The first-order valence-corrected chi connectivity index (χ1v) is 7.48. The fourth-order valence-corrected chi connectivity index (χ4v) is 2.21. The van der Waals surface area contributed by atoms with E-state index in [-0.39, 0.29) is 5.91 Å². The number of carbonyl (C=O) groups excluding carboxylic acids is 1. The third kappa shape index (κ3) is 4.63. The van der Waals surface area contributed by atoms with Crippen LogP contribution in [0.5, 0.6) is 0 Å². The lowest BCUT2D eigenvalue weighted by Crippen LogP contribution is -2.36. The van der Waals surface area contributed by atoms with Crippen LogP contribution in [0.4, 0.5) is 11.4 Å². The minimum absolute atomic E-state index is 0.0947. The predicted octanol–water partition coefficient (Wildman–Crippen LogP) is 2.27. The van der Waals surface area contributed by atoms with E-state index in [4.69, 9.17) is 10.5 Å². The summed E-state index contributed by atoms with van der Waals surface area (Å²) in [4.78, 5) is 14.1. The van der Waals surface area contributed by atoms with Gasteiger partial charge in [-0.05, 0) is 38.5 Å². The minimum Gasteiger partial charge on any atom is -0.397 e. The van der Waals surface area contributed by atoms with Crippen LogP contribution in [0.15, 0.2) is 18.2 Å². The molecule has 1 aromatic carbocycles. The van der Waals surface area contributed by atoms with Crippen molar-refractivity contribution in [2.75, 3.05) is 37.4 Å². The number of anilines is 2. The summed E-state index contributed by atoms with van der Waals surface area (Å²) in [5.74, 6) is -0.0947. The van der Waals surface area contributed by atoms with E-state index in [2.05, 4.69) is 24.1 Å². The van der Waals surface area contributed by atoms with Crippen LogP contribution >= 0.6 is 0 Å². The minimum atomic E-state index is -0.0947. The topological polar surface area (TPSA) is 67.6 Å². The molecule has 0 heterocycles. The average Bonchev–Trinajstić information content (AvgIpc) is 2.48. The number of hydrogen-bond acceptors (Lipinski definition) is 4. The van der Waals surface area contributed by atoms with E-state index in [0.29, 0.717) is 30.4 Å². The molecule has 1 atom stereocenters. The number of benzene rings is 1. The van der Waals surface area contributed by atoms with Crippen molar-refractivity contribution >= 4 is 17.3 Å². The zero-order chi connectivity index (χ0) is 15.8. The van der Waals surface area contributed by atoms with E-state index < -0.39 is 0 Å². The Morgan fingerprint density at radius 1 is 1.43 bits per heavy atom. The van der Waals surface area contributed by atoms with E-state index >= 15 is 0 Å². The lowest BCUT2D eigenvalue weighted by molar-refractivity contribution is 0.0956. The number of hydrogen-bond donors (Lipinski definition) is 2. The molecule has 5 heteroatoms. The standard InChI is InChI=1S/C16H27N3O2/c1-5-12(3)19(9-10-21-4)15-8-7-13(11-14(15)17)16(20)18-6-2/h7-8,11-12H,5-6,9-10,17H2,1-4H3,(H,18,20). The van der Waals surface area contributed by atoms with Crippen molar-refractivity contribution in [1.29, 1.82) is 0 Å². The van der Waals surface area contributed by atoms with Gasteiger partial charge in [-0.2, -0.15) is 0 Å². The number of nitrogens with zero attached hydrogens (tertiary/aromatic N) is 1. The fourth-order valence-electron chi connectivity index (χ4n) is 2.21. The molecule has 21 heavy (non-hydrogen) atoms. The van der Waals surface area contributed by atoms with Crippen molar-refractivity contribution in [3.05, 3.63) is 23.8 Å². The van der Waals surface area contributed by atoms with Gasteiger partial charge in [-0.15, -0.1) is 0 Å². The average molecular weight is 293 g/mol. The first-order valence-electron chi connectivity index (χ1n) is 7.48. The van der Waals surface area contributed by atoms with Gasteiger partial charge in [0.15, 0.2) is 0 Å². The number of nitrogens with two attached hydrogens (primary N) is 1. The van der Waals surface area contributed by atoms with Crippen LogP contribution in [0.1, 0.15) is 37.6 Å². The summed E-state index contributed by atoms with van der Waals surface area (Å²) >= 11 is 0. The van der Waals surface area contributed by atoms with E-state index in [9.17, 15) is 4.79 Å². The second-order valence-corrected chi connectivity index (χ2v) is 5.08. The summed E-state index contributed by atoms with van der Waals surface area (Å²) in [5, 5.41) is 2.78. The lowest BCUT2D eigenvalue weighted by Gasteiger charge is -2.31. The number of methoxy groups -OCH3 is 1. The Labute approximate surface area is 127 Å². The van der Waals surface area contributed by atoms with Crippen LogP contribution < -0.4 is 16.0 Å². The molecule has 0 aliphatic heterocycles. The van der Waals surface area contributed by atoms with Crippen LogP contribution in [0, 0.1) is 0 Å². The molecule has 0 aromatic heterocycles. The van der Waals surface area contributed by atoms with Gasteiger partial charge in [0.05, 0.1) is 18.0 Å². The summed E-state index contributed by atoms with van der Waals surface area (Å²) in [5.41, 5.74) is 8.32. The van der Waals surface area contributed by atoms with Crippen LogP contribution in [-0.2, 0) is 4.74 Å². The van der Waals surface area contributed by atoms with Crippen LogP contribution in [0.3, 0.4) is 0 Å². The van der Waals surface area contributed by atoms with Gasteiger partial charge in [0.2, 0.25) is 0 Å². The molecular formula is C16H27N3O2. The number of amides is 1.